The topological polar surface area (TPSA) is 96.2 Å². The number of ether oxygens (including phenoxy) is 2. The van der Waals surface area contributed by atoms with Gasteiger partial charge >= 0.3 is 0 Å². The van der Waals surface area contributed by atoms with Gasteiger partial charge in [-0.15, -0.1) is 0 Å². The van der Waals surface area contributed by atoms with Crippen LogP contribution in [0, 0.1) is 0 Å². The van der Waals surface area contributed by atoms with E-state index in [1.54, 1.807) is 0 Å². The van der Waals surface area contributed by atoms with E-state index in [1.165, 1.54) is 0 Å². The van der Waals surface area contributed by atoms with Crippen LogP contribution in [0.4, 0.5) is 0 Å². The van der Waals surface area contributed by atoms with E-state index in [0.717, 1.165) is 7.11 Å². The Morgan fingerprint density at radius 3 is 2.77 bits per heavy atom. The molecule has 3 N–H and O–H groups in total. The number of rotatable bonds is 2. The highest BCUT2D eigenvalue weighted by atomic mass is 16.7. The van der Waals surface area contributed by atoms with Crippen LogP contribution in [0.25, 0.3) is 0 Å². The zero-order chi connectivity index (χ0) is 10.9. The van der Waals surface area contributed by atoms with E-state index in [1.807, 2.05) is 0 Å². The molecule has 76 valence electrons. The van der Waals surface area contributed by atoms with Crippen LogP contribution in [-0.4, -0.2) is 59.4 Å². The van der Waals surface area contributed by atoms with E-state index in [9.17, 15) is 15.0 Å². The first kappa shape index (κ1) is 9.04. The van der Waals surface area contributed by atoms with Gasteiger partial charge in [0, 0.05) is 7.11 Å². The second-order valence-electron chi connectivity index (χ2n) is 2.62. The molecule has 0 aromatic rings. The van der Waals surface area contributed by atoms with Gasteiger partial charge in [0.15, 0.2) is 18.2 Å². The minimum Gasteiger partial charge on any atom is -0.394 e. The molecule has 0 aromatic carbocycles. The first-order valence-corrected chi connectivity index (χ1v) is 3.69. The number of hydrogen-bond acceptors (Lipinski definition) is 6. The van der Waals surface area contributed by atoms with Gasteiger partial charge in [0.1, 0.15) is 12.2 Å². The third kappa shape index (κ3) is 1.87. The molecule has 1 saturated heterocycles. The molecule has 13 heavy (non-hydrogen) atoms. The molecule has 0 spiro atoms. The van der Waals surface area contributed by atoms with Crippen LogP contribution in [0.1, 0.15) is 1.37 Å². The lowest BCUT2D eigenvalue weighted by molar-refractivity contribution is -0.247. The Hall–Kier alpha value is -0.530. The number of hydrogen-bond donors (Lipinski definition) is 3. The highest BCUT2D eigenvalue weighted by molar-refractivity contribution is 5.88. The smallest absolute Gasteiger partial charge is 0.197 e. The van der Waals surface area contributed by atoms with Crippen LogP contribution in [0.15, 0.2) is 0 Å². The maximum atomic E-state index is 11.2. The Kier molecular flexibility index (Phi) is 2.87. The zero-order valence-corrected chi connectivity index (χ0v) is 7.01. The van der Waals surface area contributed by atoms with E-state index >= 15 is 0 Å². The van der Waals surface area contributed by atoms with Crippen molar-refractivity contribution in [2.45, 2.75) is 24.6 Å². The van der Waals surface area contributed by atoms with Crippen molar-refractivity contribution in [3.63, 3.8) is 0 Å². The molecule has 0 radical (unpaired) electrons. The Morgan fingerprint density at radius 1 is 1.69 bits per heavy atom. The van der Waals surface area contributed by atoms with Gasteiger partial charge in [-0.3, -0.25) is 4.79 Å². The highest BCUT2D eigenvalue weighted by Crippen LogP contribution is 2.17. The number of carbonyl (C=O) groups excluding carboxylic acids is 1. The van der Waals surface area contributed by atoms with Gasteiger partial charge in [-0.05, 0) is 0 Å². The fourth-order valence-electron chi connectivity index (χ4n) is 1.04. The van der Waals surface area contributed by atoms with Gasteiger partial charge in [0.25, 0.3) is 0 Å². The molecule has 0 unspecified atom stereocenters. The van der Waals surface area contributed by atoms with Crippen molar-refractivity contribution < 1.29 is 31.0 Å². The summed E-state index contributed by atoms with van der Waals surface area (Å²) in [4.78, 5) is 11.2. The van der Waals surface area contributed by atoms with Gasteiger partial charge in [-0.25, -0.2) is 0 Å². The normalized spacial score (nSPS) is 47.5. The van der Waals surface area contributed by atoms with Gasteiger partial charge < -0.3 is 24.8 Å². The van der Waals surface area contributed by atoms with Gasteiger partial charge in [0.05, 0.1) is 7.98 Å². The predicted octanol–water partition coefficient (Wildman–Crippen LogP) is -2.36. The van der Waals surface area contributed by atoms with Crippen molar-refractivity contribution in [2.24, 2.45) is 0 Å². The minimum absolute atomic E-state index is 0.594. The Bertz CT molecular complexity index is 230. The molecule has 1 fully saturated rings. The molecular formula is C7H12O6. The third-order valence-corrected chi connectivity index (χ3v) is 1.79. The summed E-state index contributed by atoms with van der Waals surface area (Å²) in [5.41, 5.74) is 0. The number of ketones is 1. The Morgan fingerprint density at radius 2 is 2.31 bits per heavy atom. The second-order valence-corrected chi connectivity index (χ2v) is 2.62. The summed E-state index contributed by atoms with van der Waals surface area (Å²) in [6, 6.07) is 0. The molecule has 0 aliphatic carbocycles. The summed E-state index contributed by atoms with van der Waals surface area (Å²) in [6.45, 7) is -0.594. The van der Waals surface area contributed by atoms with Gasteiger partial charge in [0.2, 0.25) is 0 Å². The number of carbonyl (C=O) groups is 1. The molecule has 6 nitrogen and oxygen atoms in total. The van der Waals surface area contributed by atoms with Crippen LogP contribution in [-0.2, 0) is 14.3 Å². The predicted molar refractivity (Wildman–Crippen MR) is 39.8 cm³/mol. The molecule has 0 saturated carbocycles. The number of aliphatic hydroxyl groups excluding tert-OH is 2. The molecule has 1 aliphatic heterocycles. The molecule has 4 atom stereocenters. The summed E-state index contributed by atoms with van der Waals surface area (Å²) in [5, 5.41) is 27.3. The fraction of sp³-hybridized carbons (Fsp3) is 0.857. The van der Waals surface area contributed by atoms with E-state index in [2.05, 4.69) is 4.74 Å². The van der Waals surface area contributed by atoms with Crippen molar-refractivity contribution in [1.29, 1.82) is 0 Å². The van der Waals surface area contributed by atoms with Crippen LogP contribution in [0.2, 0.25) is 0 Å². The van der Waals surface area contributed by atoms with E-state index < -0.39 is 37.0 Å². The number of methoxy groups -OCH3 is 1. The molecule has 6 heteroatoms. The summed E-state index contributed by atoms with van der Waals surface area (Å²) < 4.78 is 16.6. The summed E-state index contributed by atoms with van der Waals surface area (Å²) in [7, 11) is 1.14. The van der Waals surface area contributed by atoms with Crippen molar-refractivity contribution in [3.05, 3.63) is 0 Å². The zero-order valence-electron chi connectivity index (χ0n) is 8.01. The monoisotopic (exact) mass is 193 g/mol. The van der Waals surface area contributed by atoms with E-state index in [-0.39, 0.29) is 0 Å². The van der Waals surface area contributed by atoms with Crippen molar-refractivity contribution >= 4 is 5.78 Å². The standard InChI is InChI=1S/C7H12O6/c1-12-7-6(11)5(10)4(9)3(2-8)13-7/h3-4,6-9,11H,2H2,1H3/t3-,4-,6+,7+/m1/s1/i6D. The second kappa shape index (κ2) is 4.12. The molecular weight excluding hydrogens is 180 g/mol. The molecule has 1 aliphatic rings. The Balaban J connectivity index is 2.89. The largest absolute Gasteiger partial charge is 0.394 e. The van der Waals surface area contributed by atoms with Crippen LogP contribution in [0.5, 0.6) is 0 Å². The van der Waals surface area contributed by atoms with Crippen molar-refractivity contribution in [2.75, 3.05) is 13.7 Å². The lowest BCUT2D eigenvalue weighted by Crippen LogP contribution is -2.56. The maximum absolute atomic E-state index is 11.2. The van der Waals surface area contributed by atoms with Gasteiger partial charge in [-0.1, -0.05) is 0 Å². The summed E-state index contributed by atoms with van der Waals surface area (Å²) in [6.07, 6.45) is -7.03. The van der Waals surface area contributed by atoms with Gasteiger partial charge in [-0.2, -0.15) is 0 Å². The first-order valence-electron chi connectivity index (χ1n) is 4.19. The average molecular weight is 193 g/mol. The third-order valence-electron chi connectivity index (χ3n) is 1.79. The quantitative estimate of drug-likeness (QED) is 0.454. The Labute approximate surface area is 76.1 Å². The van der Waals surface area contributed by atoms with Crippen LogP contribution in [0.3, 0.4) is 0 Å². The minimum atomic E-state index is -2.64. The van der Waals surface area contributed by atoms with Crippen molar-refractivity contribution in [1.82, 2.24) is 0 Å². The number of Topliss-reactive ketones (excluding diaryl/α,β-unsaturated/α-hetero) is 1. The molecule has 1 rings (SSSR count). The average Bonchev–Trinajstić information content (AvgIpc) is 2.15. The lowest BCUT2D eigenvalue weighted by atomic mass is 10.0. The van der Waals surface area contributed by atoms with Crippen LogP contribution >= 0.6 is 0 Å². The maximum Gasteiger partial charge on any atom is 0.197 e. The SMILES string of the molecule is [2H][C@]1(O)C(=O)[C@H](O)[C@@H](CO)O[C@@H]1OC. The molecule has 0 bridgehead atoms. The fourth-order valence-corrected chi connectivity index (χ4v) is 1.04. The van der Waals surface area contributed by atoms with Crippen molar-refractivity contribution in [3.8, 4) is 0 Å². The highest BCUT2D eigenvalue weighted by Gasteiger charge is 2.43. The van der Waals surface area contributed by atoms with Crippen LogP contribution < -0.4 is 0 Å². The lowest BCUT2D eigenvalue weighted by Gasteiger charge is -2.34. The molecule has 0 amide bonds. The summed E-state index contributed by atoms with van der Waals surface area (Å²) >= 11 is 0. The molecule has 0 aromatic heterocycles. The molecule has 1 heterocycles. The number of aliphatic hydroxyl groups is 3. The first-order chi connectivity index (χ1) is 6.45. The van der Waals surface area contributed by atoms with E-state index in [0.29, 0.717) is 0 Å². The summed E-state index contributed by atoms with van der Waals surface area (Å²) in [5.74, 6) is -1.14. The van der Waals surface area contributed by atoms with E-state index in [4.69, 9.17) is 11.2 Å².